The van der Waals surface area contributed by atoms with Crippen LogP contribution in [0.5, 0.6) is 0 Å². The molecular weight excluding hydrogens is 462 g/mol. The lowest BCUT2D eigenvalue weighted by Crippen LogP contribution is -2.38. The number of rotatable bonds is 4. The number of nitrogens with zero attached hydrogens (tertiary/aromatic N) is 2. The molecule has 5 nitrogen and oxygen atoms in total. The van der Waals surface area contributed by atoms with E-state index in [1.807, 2.05) is 67.8 Å². The molecule has 1 aliphatic rings. The van der Waals surface area contributed by atoms with Gasteiger partial charge < -0.3 is 10.2 Å². The molecule has 0 spiro atoms. The highest BCUT2D eigenvalue weighted by Crippen LogP contribution is 2.36. The summed E-state index contributed by atoms with van der Waals surface area (Å²) in [6.07, 6.45) is 0.148. The van der Waals surface area contributed by atoms with Crippen LogP contribution in [0.15, 0.2) is 63.4 Å². The van der Waals surface area contributed by atoms with Gasteiger partial charge in [-0.1, -0.05) is 18.2 Å². The Labute approximate surface area is 187 Å². The third-order valence-electron chi connectivity index (χ3n) is 5.01. The Morgan fingerprint density at radius 2 is 1.93 bits per heavy atom. The summed E-state index contributed by atoms with van der Waals surface area (Å²) in [4.78, 5) is 33.3. The summed E-state index contributed by atoms with van der Waals surface area (Å²) >= 11 is 4.99. The molecule has 0 saturated carbocycles. The molecule has 0 aliphatic carbocycles. The minimum Gasteiger partial charge on any atom is -0.324 e. The van der Waals surface area contributed by atoms with E-state index in [-0.39, 0.29) is 24.8 Å². The Morgan fingerprint density at radius 1 is 1.17 bits per heavy atom. The van der Waals surface area contributed by atoms with Gasteiger partial charge in [-0.15, -0.1) is 11.3 Å². The molecule has 2 aromatic carbocycles. The highest BCUT2D eigenvalue weighted by molar-refractivity contribution is 9.10. The van der Waals surface area contributed by atoms with E-state index in [2.05, 4.69) is 21.2 Å². The summed E-state index contributed by atoms with van der Waals surface area (Å²) < 4.78 is 0.788. The van der Waals surface area contributed by atoms with Crippen molar-refractivity contribution in [2.45, 2.75) is 20.3 Å². The predicted molar refractivity (Wildman–Crippen MR) is 126 cm³/mol. The minimum absolute atomic E-state index is 0.0804. The number of fused-ring (bicyclic) bond motifs is 1. The van der Waals surface area contributed by atoms with Gasteiger partial charge in [0.05, 0.1) is 29.2 Å². The number of carbonyl (C=O) groups excluding carboxylic acids is 2. The molecule has 0 bridgehead atoms. The van der Waals surface area contributed by atoms with Crippen LogP contribution in [-0.4, -0.2) is 24.1 Å². The number of para-hydroxylation sites is 1. The van der Waals surface area contributed by atoms with Crippen molar-refractivity contribution in [2.24, 2.45) is 4.99 Å². The van der Waals surface area contributed by atoms with Gasteiger partial charge in [-0.2, -0.15) is 0 Å². The van der Waals surface area contributed by atoms with Gasteiger partial charge in [-0.3, -0.25) is 9.59 Å². The molecule has 1 aromatic heterocycles. The van der Waals surface area contributed by atoms with E-state index in [0.717, 1.165) is 26.2 Å². The van der Waals surface area contributed by atoms with Crippen LogP contribution in [0.25, 0.3) is 0 Å². The molecule has 2 heterocycles. The lowest BCUT2D eigenvalue weighted by Gasteiger charge is -2.23. The molecule has 7 heteroatoms. The highest BCUT2D eigenvalue weighted by atomic mass is 79.9. The number of hydrogen-bond acceptors (Lipinski definition) is 4. The monoisotopic (exact) mass is 481 g/mol. The maximum absolute atomic E-state index is 13.2. The number of thiophene rings is 1. The predicted octanol–water partition coefficient (Wildman–Crippen LogP) is 5.62. The number of aliphatic imine (C=N–C) groups is 1. The van der Waals surface area contributed by atoms with Gasteiger partial charge in [-0.05, 0) is 76.6 Å². The Balaban J connectivity index is 1.68. The average molecular weight is 482 g/mol. The van der Waals surface area contributed by atoms with Crippen molar-refractivity contribution in [3.8, 4) is 0 Å². The Kier molecular flexibility index (Phi) is 5.83. The Bertz CT molecular complexity index is 1160. The van der Waals surface area contributed by atoms with Crippen LogP contribution < -0.4 is 10.2 Å². The lowest BCUT2D eigenvalue weighted by molar-refractivity contribution is -0.120. The summed E-state index contributed by atoms with van der Waals surface area (Å²) in [5.74, 6) is -0.412. The van der Waals surface area contributed by atoms with Gasteiger partial charge in [0.25, 0.3) is 0 Å². The fourth-order valence-corrected chi connectivity index (χ4v) is 4.40. The van der Waals surface area contributed by atoms with Crippen molar-refractivity contribution in [3.63, 3.8) is 0 Å². The SMILES string of the molecule is Cc1cc2c(cc1C)N(CC(=O)Nc1ccccc1Br)C(=O)CC(c1cccs1)=N2. The number of halogens is 1. The number of hydrogen-bond donors (Lipinski definition) is 1. The van der Waals surface area contributed by atoms with Gasteiger partial charge in [0.15, 0.2) is 0 Å². The molecular formula is C23H20BrN3O2S. The smallest absolute Gasteiger partial charge is 0.244 e. The van der Waals surface area contributed by atoms with Crippen LogP contribution in [-0.2, 0) is 9.59 Å². The second-order valence-electron chi connectivity index (χ2n) is 7.15. The molecule has 1 N–H and O–H groups in total. The molecule has 152 valence electrons. The van der Waals surface area contributed by atoms with Crippen molar-refractivity contribution in [2.75, 3.05) is 16.8 Å². The van der Waals surface area contributed by atoms with E-state index in [1.54, 1.807) is 11.3 Å². The van der Waals surface area contributed by atoms with Gasteiger partial charge in [0.1, 0.15) is 6.54 Å². The summed E-state index contributed by atoms with van der Waals surface area (Å²) in [7, 11) is 0. The van der Waals surface area contributed by atoms with Crippen LogP contribution in [0.3, 0.4) is 0 Å². The first kappa shape index (κ1) is 20.5. The van der Waals surface area contributed by atoms with E-state index in [4.69, 9.17) is 4.99 Å². The summed E-state index contributed by atoms with van der Waals surface area (Å²) in [6, 6.07) is 15.2. The molecule has 3 aromatic rings. The Hall–Kier alpha value is -2.77. The normalized spacial score (nSPS) is 13.5. The molecule has 0 atom stereocenters. The largest absolute Gasteiger partial charge is 0.324 e. The van der Waals surface area contributed by atoms with Crippen molar-refractivity contribution < 1.29 is 9.59 Å². The number of aryl methyl sites for hydroxylation is 2. The molecule has 2 amide bonds. The molecule has 30 heavy (non-hydrogen) atoms. The van der Waals surface area contributed by atoms with Gasteiger partial charge >= 0.3 is 0 Å². The molecule has 0 saturated heterocycles. The molecule has 0 fully saturated rings. The quantitative estimate of drug-likeness (QED) is 0.525. The summed E-state index contributed by atoms with van der Waals surface area (Å²) in [5.41, 5.74) is 4.91. The van der Waals surface area contributed by atoms with Crippen molar-refractivity contribution in [3.05, 3.63) is 74.4 Å². The van der Waals surface area contributed by atoms with Crippen LogP contribution >= 0.6 is 27.3 Å². The highest BCUT2D eigenvalue weighted by Gasteiger charge is 2.27. The minimum atomic E-state index is -0.265. The first-order valence-electron chi connectivity index (χ1n) is 9.50. The second kappa shape index (κ2) is 8.53. The molecule has 1 aliphatic heterocycles. The zero-order valence-corrected chi connectivity index (χ0v) is 19.0. The van der Waals surface area contributed by atoms with Crippen molar-refractivity contribution >= 4 is 61.9 Å². The summed E-state index contributed by atoms with van der Waals surface area (Å²) in [5, 5.41) is 4.85. The van der Waals surface area contributed by atoms with Crippen LogP contribution in [0, 0.1) is 13.8 Å². The third-order valence-corrected chi connectivity index (χ3v) is 6.62. The summed E-state index contributed by atoms with van der Waals surface area (Å²) in [6.45, 7) is 3.93. The first-order valence-corrected chi connectivity index (χ1v) is 11.2. The lowest BCUT2D eigenvalue weighted by atomic mass is 10.1. The van der Waals surface area contributed by atoms with Crippen LogP contribution in [0.2, 0.25) is 0 Å². The Morgan fingerprint density at radius 3 is 2.67 bits per heavy atom. The van der Waals surface area contributed by atoms with Crippen LogP contribution in [0.4, 0.5) is 17.1 Å². The number of carbonyl (C=O) groups is 2. The van der Waals surface area contributed by atoms with E-state index >= 15 is 0 Å². The van der Waals surface area contributed by atoms with Crippen molar-refractivity contribution in [1.82, 2.24) is 0 Å². The van der Waals surface area contributed by atoms with E-state index in [1.165, 1.54) is 4.90 Å². The number of anilines is 2. The first-order chi connectivity index (χ1) is 14.4. The number of benzene rings is 2. The van der Waals surface area contributed by atoms with Gasteiger partial charge in [0, 0.05) is 9.35 Å². The average Bonchev–Trinajstić information content (AvgIpc) is 3.21. The number of nitrogens with one attached hydrogen (secondary N) is 1. The zero-order valence-electron chi connectivity index (χ0n) is 16.6. The maximum Gasteiger partial charge on any atom is 0.244 e. The molecule has 0 radical (unpaired) electrons. The van der Waals surface area contributed by atoms with E-state index in [0.29, 0.717) is 17.1 Å². The topological polar surface area (TPSA) is 61.8 Å². The number of amides is 2. The fraction of sp³-hybridized carbons (Fsp3) is 0.174. The van der Waals surface area contributed by atoms with E-state index in [9.17, 15) is 9.59 Å². The van der Waals surface area contributed by atoms with Crippen molar-refractivity contribution in [1.29, 1.82) is 0 Å². The maximum atomic E-state index is 13.2. The molecule has 4 rings (SSSR count). The van der Waals surface area contributed by atoms with Gasteiger partial charge in [0.2, 0.25) is 11.8 Å². The second-order valence-corrected chi connectivity index (χ2v) is 8.95. The van der Waals surface area contributed by atoms with E-state index < -0.39 is 0 Å². The zero-order chi connectivity index (χ0) is 21.3. The van der Waals surface area contributed by atoms with Gasteiger partial charge in [-0.25, -0.2) is 4.99 Å². The third kappa shape index (κ3) is 4.22. The molecule has 0 unspecified atom stereocenters. The van der Waals surface area contributed by atoms with Crippen LogP contribution in [0.1, 0.15) is 22.4 Å². The standard InChI is InChI=1S/C23H20BrN3O2S/c1-14-10-18-20(11-15(14)2)27(13-22(28)26-17-7-4-3-6-16(17)24)23(29)12-19(25-18)21-8-5-9-30-21/h3-11H,12-13H2,1-2H3,(H,26,28). The fourth-order valence-electron chi connectivity index (χ4n) is 3.30.